The number of phenolic OH excluding ortho intramolecular Hbond substituents is 1. The molecular weight excluding hydrogens is 242 g/mol. The Balaban J connectivity index is 2.00. The lowest BCUT2D eigenvalue weighted by Crippen LogP contribution is -1.97. The number of fused-ring (bicyclic) bond motifs is 1. The largest absolute Gasteiger partial charge is 0.508 e. The van der Waals surface area contributed by atoms with E-state index in [9.17, 15) is 5.11 Å². The smallest absolute Gasteiger partial charge is 0.161 e. The molecule has 0 spiro atoms. The summed E-state index contributed by atoms with van der Waals surface area (Å²) in [6.07, 6.45) is 2.45. The molecule has 96 valence electrons. The van der Waals surface area contributed by atoms with Crippen LogP contribution in [-0.2, 0) is 6.42 Å². The molecule has 3 rings (SSSR count). The van der Waals surface area contributed by atoms with Crippen LogP contribution in [0, 0.1) is 0 Å². The Morgan fingerprint density at radius 3 is 2.89 bits per heavy atom. The van der Waals surface area contributed by atoms with Gasteiger partial charge in [-0.05, 0) is 29.8 Å². The Morgan fingerprint density at radius 1 is 1.21 bits per heavy atom. The maximum absolute atomic E-state index is 9.47. The van der Waals surface area contributed by atoms with Crippen molar-refractivity contribution in [3.05, 3.63) is 54.0 Å². The highest BCUT2D eigenvalue weighted by Crippen LogP contribution is 2.17. The highest BCUT2D eigenvalue weighted by atomic mass is 16.5. The number of hydrogen-bond donors (Lipinski definition) is 1. The van der Waals surface area contributed by atoms with Crippen LogP contribution in [-0.4, -0.2) is 26.8 Å². The molecule has 0 aliphatic rings. The average Bonchev–Trinajstić information content (AvgIpc) is 2.81. The van der Waals surface area contributed by atoms with Crippen LogP contribution in [0.5, 0.6) is 11.5 Å². The van der Waals surface area contributed by atoms with Crippen LogP contribution < -0.4 is 4.74 Å². The average molecular weight is 255 g/mol. The molecule has 0 amide bonds. The van der Waals surface area contributed by atoms with E-state index < -0.39 is 0 Å². The van der Waals surface area contributed by atoms with Gasteiger partial charge in [-0.1, -0.05) is 12.1 Å². The van der Waals surface area contributed by atoms with E-state index in [1.54, 1.807) is 19.2 Å². The van der Waals surface area contributed by atoms with Crippen LogP contribution in [0.4, 0.5) is 0 Å². The van der Waals surface area contributed by atoms with Crippen molar-refractivity contribution in [1.29, 1.82) is 0 Å². The standard InChI is InChI=1S/C14H13N3O2/c1-19-12-5-6-13-15-16-14(17(13)9-12)8-10-3-2-4-11(18)7-10/h2-7,9,18H,8H2,1H3. The monoisotopic (exact) mass is 255 g/mol. The fourth-order valence-corrected chi connectivity index (χ4v) is 2.01. The molecule has 5 nitrogen and oxygen atoms in total. The van der Waals surface area contributed by atoms with Crippen molar-refractivity contribution in [3.8, 4) is 11.5 Å². The van der Waals surface area contributed by atoms with E-state index in [1.807, 2.05) is 34.9 Å². The van der Waals surface area contributed by atoms with E-state index in [2.05, 4.69) is 10.2 Å². The Morgan fingerprint density at radius 2 is 2.11 bits per heavy atom. The molecule has 3 aromatic rings. The Kier molecular flexibility index (Phi) is 2.79. The Bertz CT molecular complexity index is 722. The lowest BCUT2D eigenvalue weighted by molar-refractivity contribution is 0.412. The zero-order valence-electron chi connectivity index (χ0n) is 10.4. The second-order valence-corrected chi connectivity index (χ2v) is 4.26. The van der Waals surface area contributed by atoms with E-state index in [-0.39, 0.29) is 5.75 Å². The first-order chi connectivity index (χ1) is 9.26. The molecule has 19 heavy (non-hydrogen) atoms. The normalized spacial score (nSPS) is 10.8. The third-order valence-corrected chi connectivity index (χ3v) is 2.95. The van der Waals surface area contributed by atoms with E-state index in [0.29, 0.717) is 6.42 Å². The van der Waals surface area contributed by atoms with E-state index >= 15 is 0 Å². The minimum absolute atomic E-state index is 0.254. The molecule has 0 saturated heterocycles. The molecule has 5 heteroatoms. The van der Waals surface area contributed by atoms with Crippen LogP contribution in [0.25, 0.3) is 5.65 Å². The van der Waals surface area contributed by atoms with Gasteiger partial charge >= 0.3 is 0 Å². The summed E-state index contributed by atoms with van der Waals surface area (Å²) in [7, 11) is 1.63. The fourth-order valence-electron chi connectivity index (χ4n) is 2.01. The van der Waals surface area contributed by atoms with Crippen LogP contribution >= 0.6 is 0 Å². The number of hydrogen-bond acceptors (Lipinski definition) is 4. The summed E-state index contributed by atoms with van der Waals surface area (Å²) in [5.41, 5.74) is 1.76. The molecule has 0 fully saturated rings. The summed E-state index contributed by atoms with van der Waals surface area (Å²) in [5.74, 6) is 1.81. The summed E-state index contributed by atoms with van der Waals surface area (Å²) < 4.78 is 7.09. The first kappa shape index (κ1) is 11.5. The van der Waals surface area contributed by atoms with Crippen LogP contribution in [0.15, 0.2) is 42.6 Å². The molecule has 0 atom stereocenters. The molecule has 1 aromatic carbocycles. The predicted molar refractivity (Wildman–Crippen MR) is 70.5 cm³/mol. The zero-order chi connectivity index (χ0) is 13.2. The van der Waals surface area contributed by atoms with E-state index in [4.69, 9.17) is 4.74 Å². The van der Waals surface area contributed by atoms with Gasteiger partial charge in [0.25, 0.3) is 0 Å². The molecule has 0 unspecified atom stereocenters. The van der Waals surface area contributed by atoms with Crippen molar-refractivity contribution < 1.29 is 9.84 Å². The molecule has 0 bridgehead atoms. The second-order valence-electron chi connectivity index (χ2n) is 4.26. The van der Waals surface area contributed by atoms with Gasteiger partial charge in [0.2, 0.25) is 0 Å². The minimum atomic E-state index is 0.254. The molecule has 2 heterocycles. The second kappa shape index (κ2) is 4.61. The van der Waals surface area contributed by atoms with E-state index in [0.717, 1.165) is 22.8 Å². The molecular formula is C14H13N3O2. The van der Waals surface area contributed by atoms with Crippen LogP contribution in [0.3, 0.4) is 0 Å². The van der Waals surface area contributed by atoms with Crippen molar-refractivity contribution >= 4 is 5.65 Å². The summed E-state index contributed by atoms with van der Waals surface area (Å²) >= 11 is 0. The van der Waals surface area contributed by atoms with Gasteiger partial charge in [0.05, 0.1) is 13.3 Å². The number of pyridine rings is 1. The quantitative estimate of drug-likeness (QED) is 0.778. The summed E-state index contributed by atoms with van der Waals surface area (Å²) in [6, 6.07) is 10.8. The van der Waals surface area contributed by atoms with Gasteiger partial charge < -0.3 is 9.84 Å². The molecule has 0 radical (unpaired) electrons. The van der Waals surface area contributed by atoms with Gasteiger partial charge in [0.1, 0.15) is 17.3 Å². The predicted octanol–water partition coefficient (Wildman–Crippen LogP) is 2.03. The van der Waals surface area contributed by atoms with Gasteiger partial charge in [0.15, 0.2) is 5.65 Å². The van der Waals surface area contributed by atoms with Crippen LogP contribution in [0.1, 0.15) is 11.4 Å². The van der Waals surface area contributed by atoms with E-state index in [1.165, 1.54) is 0 Å². The number of rotatable bonds is 3. The number of benzene rings is 1. The van der Waals surface area contributed by atoms with Crippen molar-refractivity contribution in [3.63, 3.8) is 0 Å². The summed E-state index contributed by atoms with van der Waals surface area (Å²) in [4.78, 5) is 0. The topological polar surface area (TPSA) is 59.7 Å². The minimum Gasteiger partial charge on any atom is -0.508 e. The molecule has 0 aliphatic carbocycles. The first-order valence-electron chi connectivity index (χ1n) is 5.92. The fraction of sp³-hybridized carbons (Fsp3) is 0.143. The number of aromatic hydroxyl groups is 1. The number of nitrogens with zero attached hydrogens (tertiary/aromatic N) is 3. The molecule has 0 aliphatic heterocycles. The van der Waals surface area contributed by atoms with Gasteiger partial charge in [0, 0.05) is 6.42 Å². The molecule has 2 aromatic heterocycles. The van der Waals surface area contributed by atoms with Crippen molar-refractivity contribution in [2.75, 3.05) is 7.11 Å². The number of aromatic nitrogens is 3. The summed E-state index contributed by atoms with van der Waals surface area (Å²) in [6.45, 7) is 0. The third-order valence-electron chi connectivity index (χ3n) is 2.95. The van der Waals surface area contributed by atoms with Gasteiger partial charge in [-0.15, -0.1) is 10.2 Å². The third kappa shape index (κ3) is 2.22. The highest BCUT2D eigenvalue weighted by Gasteiger charge is 2.07. The van der Waals surface area contributed by atoms with Crippen molar-refractivity contribution in [1.82, 2.24) is 14.6 Å². The molecule has 1 N–H and O–H groups in total. The van der Waals surface area contributed by atoms with Crippen molar-refractivity contribution in [2.45, 2.75) is 6.42 Å². The SMILES string of the molecule is COc1ccc2nnc(Cc3cccc(O)c3)n2c1. The lowest BCUT2D eigenvalue weighted by atomic mass is 10.1. The molecule has 0 saturated carbocycles. The Hall–Kier alpha value is -2.56. The van der Waals surface area contributed by atoms with Gasteiger partial charge in [-0.2, -0.15) is 0 Å². The number of methoxy groups -OCH3 is 1. The highest BCUT2D eigenvalue weighted by molar-refractivity contribution is 5.42. The van der Waals surface area contributed by atoms with Crippen molar-refractivity contribution in [2.24, 2.45) is 0 Å². The maximum atomic E-state index is 9.47. The first-order valence-corrected chi connectivity index (χ1v) is 5.92. The van der Waals surface area contributed by atoms with Crippen LogP contribution in [0.2, 0.25) is 0 Å². The maximum Gasteiger partial charge on any atom is 0.161 e. The lowest BCUT2D eigenvalue weighted by Gasteiger charge is -2.03. The summed E-state index contributed by atoms with van der Waals surface area (Å²) in [5, 5.41) is 17.8. The van der Waals surface area contributed by atoms with Gasteiger partial charge in [-0.3, -0.25) is 4.40 Å². The number of phenols is 1. The number of ether oxygens (including phenoxy) is 1. The zero-order valence-corrected chi connectivity index (χ0v) is 10.4. The van der Waals surface area contributed by atoms with Gasteiger partial charge in [-0.25, -0.2) is 0 Å². The Labute approximate surface area is 110 Å².